The second-order valence-electron chi connectivity index (χ2n) is 8.52. The zero-order valence-corrected chi connectivity index (χ0v) is 20.0. The van der Waals surface area contributed by atoms with Gasteiger partial charge in [0, 0.05) is 0 Å². The average Bonchev–Trinajstić information content (AvgIpc) is 2.85. The van der Waals surface area contributed by atoms with E-state index in [-0.39, 0.29) is 19.6 Å². The molecule has 0 aliphatic carbocycles. The van der Waals surface area contributed by atoms with Gasteiger partial charge in [-0.1, -0.05) is 113 Å². The number of hydrogen-bond acceptors (Lipinski definition) is 5. The second-order valence-corrected chi connectivity index (χ2v) is 8.52. The monoisotopic (exact) mass is 468 g/mol. The van der Waals surface area contributed by atoms with Crippen LogP contribution in [0, 0.1) is 11.8 Å². The predicted molar refractivity (Wildman–Crippen MR) is 130 cm³/mol. The molecule has 0 unspecified atom stereocenters. The number of carboxylic acid groups (broad SMARTS) is 1. The lowest BCUT2D eigenvalue weighted by Crippen LogP contribution is -2.38. The van der Waals surface area contributed by atoms with Crippen LogP contribution in [0.1, 0.15) is 69.4 Å². The molecule has 0 saturated carbocycles. The Morgan fingerprint density at radius 2 is 1.15 bits per heavy atom. The summed E-state index contributed by atoms with van der Waals surface area (Å²) in [5.74, 6) is -5.62. The van der Waals surface area contributed by atoms with Crippen molar-refractivity contribution in [2.45, 2.75) is 71.5 Å². The molecule has 0 amide bonds. The Labute approximate surface area is 202 Å². The largest absolute Gasteiger partial charge is 0.481 e. The standard InChI is InChI=1S/C28H36O6/c1-2-3-4-5-6-7-14-19-24(26(29)30)25(27(31)33-20-22-15-10-8-11-16-22)28(32)34-21-23-17-12-9-13-18-23/h8-13,15-18,24-25H,2-7,14,19-21H2,1H3,(H,29,30)/t24-/m1/s1. The van der Waals surface area contributed by atoms with Gasteiger partial charge < -0.3 is 14.6 Å². The Morgan fingerprint density at radius 3 is 1.59 bits per heavy atom. The van der Waals surface area contributed by atoms with Crippen molar-refractivity contribution in [3.63, 3.8) is 0 Å². The normalized spacial score (nSPS) is 11.7. The van der Waals surface area contributed by atoms with Gasteiger partial charge in [0.1, 0.15) is 13.2 Å². The smallest absolute Gasteiger partial charge is 0.321 e. The minimum Gasteiger partial charge on any atom is -0.481 e. The number of unbranched alkanes of at least 4 members (excludes halogenated alkanes) is 6. The Bertz CT molecular complexity index is 809. The highest BCUT2D eigenvalue weighted by Crippen LogP contribution is 2.25. The molecule has 2 aromatic carbocycles. The van der Waals surface area contributed by atoms with E-state index in [0.717, 1.165) is 30.4 Å². The lowest BCUT2D eigenvalue weighted by molar-refractivity contribution is -0.171. The summed E-state index contributed by atoms with van der Waals surface area (Å²) in [6.45, 7) is 2.09. The van der Waals surface area contributed by atoms with E-state index in [1.165, 1.54) is 19.3 Å². The summed E-state index contributed by atoms with van der Waals surface area (Å²) >= 11 is 0. The molecule has 184 valence electrons. The maximum atomic E-state index is 12.9. The van der Waals surface area contributed by atoms with Crippen molar-refractivity contribution in [2.24, 2.45) is 11.8 Å². The van der Waals surface area contributed by atoms with E-state index in [9.17, 15) is 19.5 Å². The SMILES string of the molecule is CCCCCCCCC[C@@H](C(=O)O)C(C(=O)OCc1ccccc1)C(=O)OCc1ccccc1. The summed E-state index contributed by atoms with van der Waals surface area (Å²) in [7, 11) is 0. The molecule has 0 fully saturated rings. The zero-order valence-electron chi connectivity index (χ0n) is 20.0. The first-order valence-electron chi connectivity index (χ1n) is 12.2. The molecule has 0 radical (unpaired) electrons. The van der Waals surface area contributed by atoms with E-state index in [2.05, 4.69) is 6.92 Å². The third-order valence-corrected chi connectivity index (χ3v) is 5.79. The Kier molecular flexibility index (Phi) is 12.5. The van der Waals surface area contributed by atoms with Crippen LogP contribution in [0.15, 0.2) is 60.7 Å². The van der Waals surface area contributed by atoms with E-state index in [4.69, 9.17) is 9.47 Å². The van der Waals surface area contributed by atoms with Gasteiger partial charge in [-0.15, -0.1) is 0 Å². The minimum atomic E-state index is -1.51. The van der Waals surface area contributed by atoms with Crippen molar-refractivity contribution < 1.29 is 29.0 Å². The van der Waals surface area contributed by atoms with Crippen LogP contribution in [0.5, 0.6) is 0 Å². The molecule has 1 N–H and O–H groups in total. The number of esters is 2. The second kappa shape index (κ2) is 15.6. The first kappa shape index (κ1) is 27.1. The van der Waals surface area contributed by atoms with Crippen LogP contribution < -0.4 is 0 Å². The molecule has 34 heavy (non-hydrogen) atoms. The van der Waals surface area contributed by atoms with Crippen LogP contribution in [-0.2, 0) is 37.1 Å². The van der Waals surface area contributed by atoms with Gasteiger partial charge in [-0.3, -0.25) is 14.4 Å². The fourth-order valence-electron chi connectivity index (χ4n) is 3.82. The summed E-state index contributed by atoms with van der Waals surface area (Å²) in [4.78, 5) is 38.0. The van der Waals surface area contributed by atoms with Gasteiger partial charge in [0.2, 0.25) is 0 Å². The van der Waals surface area contributed by atoms with Gasteiger partial charge in [-0.25, -0.2) is 0 Å². The molecule has 0 spiro atoms. The van der Waals surface area contributed by atoms with Crippen LogP contribution in [0.25, 0.3) is 0 Å². The number of hydrogen-bond donors (Lipinski definition) is 1. The van der Waals surface area contributed by atoms with Crippen molar-refractivity contribution in [2.75, 3.05) is 0 Å². The number of ether oxygens (including phenoxy) is 2. The number of benzene rings is 2. The number of carboxylic acids is 1. The first-order chi connectivity index (χ1) is 16.5. The Hall–Kier alpha value is -3.15. The van der Waals surface area contributed by atoms with Gasteiger partial charge in [-0.05, 0) is 17.5 Å². The lowest BCUT2D eigenvalue weighted by Gasteiger charge is -2.21. The molecule has 6 nitrogen and oxygen atoms in total. The molecular weight excluding hydrogens is 432 g/mol. The maximum Gasteiger partial charge on any atom is 0.321 e. The molecule has 1 atom stereocenters. The van der Waals surface area contributed by atoms with Gasteiger partial charge >= 0.3 is 17.9 Å². The molecule has 0 bridgehead atoms. The summed E-state index contributed by atoms with van der Waals surface area (Å²) in [6, 6.07) is 18.1. The van der Waals surface area contributed by atoms with Gasteiger partial charge in [0.15, 0.2) is 5.92 Å². The minimum absolute atomic E-state index is 0.0358. The van der Waals surface area contributed by atoms with Crippen LogP contribution >= 0.6 is 0 Å². The maximum absolute atomic E-state index is 12.9. The highest BCUT2D eigenvalue weighted by Gasteiger charge is 2.41. The number of carbonyl (C=O) groups excluding carboxylic acids is 2. The van der Waals surface area contributed by atoms with E-state index < -0.39 is 29.7 Å². The van der Waals surface area contributed by atoms with E-state index in [1.807, 2.05) is 36.4 Å². The van der Waals surface area contributed by atoms with Gasteiger partial charge in [-0.2, -0.15) is 0 Å². The Balaban J connectivity index is 2.04. The van der Waals surface area contributed by atoms with Crippen LogP contribution in [0.4, 0.5) is 0 Å². The van der Waals surface area contributed by atoms with E-state index >= 15 is 0 Å². The van der Waals surface area contributed by atoms with Crippen LogP contribution in [-0.4, -0.2) is 23.0 Å². The van der Waals surface area contributed by atoms with Gasteiger partial charge in [0.25, 0.3) is 0 Å². The number of aliphatic carboxylic acids is 1. The fourth-order valence-corrected chi connectivity index (χ4v) is 3.82. The van der Waals surface area contributed by atoms with Crippen LogP contribution in [0.2, 0.25) is 0 Å². The van der Waals surface area contributed by atoms with Crippen LogP contribution in [0.3, 0.4) is 0 Å². The molecule has 0 aliphatic heterocycles. The Morgan fingerprint density at radius 1 is 0.706 bits per heavy atom. The highest BCUT2D eigenvalue weighted by molar-refractivity contribution is 5.98. The molecule has 2 rings (SSSR count). The average molecular weight is 469 g/mol. The third kappa shape index (κ3) is 9.77. The van der Waals surface area contributed by atoms with Crippen molar-refractivity contribution >= 4 is 17.9 Å². The van der Waals surface area contributed by atoms with Crippen molar-refractivity contribution in [3.05, 3.63) is 71.8 Å². The molecule has 0 aromatic heterocycles. The zero-order chi connectivity index (χ0) is 24.6. The summed E-state index contributed by atoms with van der Waals surface area (Å²) in [5, 5.41) is 9.87. The van der Waals surface area contributed by atoms with Crippen molar-refractivity contribution in [1.82, 2.24) is 0 Å². The molecule has 0 heterocycles. The number of carbonyl (C=O) groups is 3. The quantitative estimate of drug-likeness (QED) is 0.187. The topological polar surface area (TPSA) is 89.9 Å². The van der Waals surface area contributed by atoms with Crippen molar-refractivity contribution in [1.29, 1.82) is 0 Å². The number of rotatable bonds is 16. The predicted octanol–water partition coefficient (Wildman–Crippen LogP) is 5.93. The third-order valence-electron chi connectivity index (χ3n) is 5.79. The highest BCUT2D eigenvalue weighted by atomic mass is 16.6. The summed E-state index contributed by atoms with van der Waals surface area (Å²) in [5.41, 5.74) is 1.51. The van der Waals surface area contributed by atoms with Crippen molar-refractivity contribution in [3.8, 4) is 0 Å². The molecular formula is C28H36O6. The molecule has 2 aromatic rings. The molecule has 0 aliphatic rings. The van der Waals surface area contributed by atoms with E-state index in [1.54, 1.807) is 24.3 Å². The summed E-state index contributed by atoms with van der Waals surface area (Å²) in [6.07, 6.45) is 7.34. The first-order valence-corrected chi connectivity index (χ1v) is 12.2. The summed E-state index contributed by atoms with van der Waals surface area (Å²) < 4.78 is 10.7. The lowest BCUT2D eigenvalue weighted by atomic mass is 9.87. The van der Waals surface area contributed by atoms with E-state index in [0.29, 0.717) is 6.42 Å². The van der Waals surface area contributed by atoms with Gasteiger partial charge in [0.05, 0.1) is 5.92 Å². The fraction of sp³-hybridized carbons (Fsp3) is 0.464. The molecule has 0 saturated heterocycles. The molecule has 6 heteroatoms.